The van der Waals surface area contributed by atoms with Crippen molar-refractivity contribution in [3.63, 3.8) is 0 Å². The second-order valence-electron chi connectivity index (χ2n) is 3.82. The van der Waals surface area contributed by atoms with Crippen LogP contribution >= 0.6 is 0 Å². The minimum absolute atomic E-state index is 0. The summed E-state index contributed by atoms with van der Waals surface area (Å²) in [6.07, 6.45) is 0.348. The Morgan fingerprint density at radius 2 is 1.68 bits per heavy atom. The molecule has 0 saturated carbocycles. The van der Waals surface area contributed by atoms with Gasteiger partial charge in [0.2, 0.25) is 0 Å². The van der Waals surface area contributed by atoms with Crippen LogP contribution in [0.25, 0.3) is 0 Å². The molecule has 0 heterocycles. The molecular formula is C15H13O3Y+2. The van der Waals surface area contributed by atoms with Crippen LogP contribution in [-0.2, 0) is 44.1 Å². The molecule has 0 saturated heterocycles. The molecule has 1 atom stereocenters. The first-order valence-corrected chi connectivity index (χ1v) is 5.62. The number of hydrogen-bond donors (Lipinski definition) is 1. The van der Waals surface area contributed by atoms with Gasteiger partial charge in [-0.1, -0.05) is 42.5 Å². The second-order valence-corrected chi connectivity index (χ2v) is 3.82. The summed E-state index contributed by atoms with van der Waals surface area (Å²) in [5.74, 6) is 0.747. The number of benzene rings is 2. The number of carbonyl (C=O) groups excluding carboxylic acids is 1. The van der Waals surface area contributed by atoms with Crippen LogP contribution in [0.15, 0.2) is 54.6 Å². The van der Waals surface area contributed by atoms with Crippen LogP contribution in [0, 0.1) is 0 Å². The van der Waals surface area contributed by atoms with Crippen molar-refractivity contribution in [3.8, 4) is 5.75 Å². The molecule has 1 unspecified atom stereocenters. The molecule has 4 heteroatoms. The van der Waals surface area contributed by atoms with E-state index in [0.29, 0.717) is 12.2 Å². The maximum absolute atomic E-state index is 10.5. The van der Waals surface area contributed by atoms with Crippen LogP contribution < -0.4 is 4.74 Å². The molecule has 0 fully saturated rings. The van der Waals surface area contributed by atoms with Crippen molar-refractivity contribution in [1.82, 2.24) is 0 Å². The topological polar surface area (TPSA) is 46.5 Å². The summed E-state index contributed by atoms with van der Waals surface area (Å²) in [5, 5.41) is 9.53. The van der Waals surface area contributed by atoms with Crippen molar-refractivity contribution >= 4 is 6.29 Å². The first-order chi connectivity index (χ1) is 8.81. The van der Waals surface area contributed by atoms with E-state index in [1.807, 2.05) is 42.5 Å². The van der Waals surface area contributed by atoms with Crippen molar-refractivity contribution < 1.29 is 47.3 Å². The fourth-order valence-corrected chi connectivity index (χ4v) is 1.67. The van der Waals surface area contributed by atoms with Crippen LogP contribution in [0.3, 0.4) is 0 Å². The molecule has 19 heavy (non-hydrogen) atoms. The predicted octanol–water partition coefficient (Wildman–Crippen LogP) is 2.41. The third-order valence-corrected chi connectivity index (χ3v) is 2.60. The molecule has 1 N–H and O–H groups in total. The molecule has 2 rings (SSSR count). The van der Waals surface area contributed by atoms with Crippen molar-refractivity contribution in [2.75, 3.05) is 0 Å². The second kappa shape index (κ2) is 8.21. The van der Waals surface area contributed by atoms with Gasteiger partial charge in [-0.3, -0.25) is 0 Å². The van der Waals surface area contributed by atoms with Crippen LogP contribution in [0.2, 0.25) is 0 Å². The Bertz CT molecular complexity index is 514. The smallest absolute Gasteiger partial charge is 0.539 e. The molecular weight excluding hydrogens is 317 g/mol. The van der Waals surface area contributed by atoms with Crippen molar-refractivity contribution in [2.45, 2.75) is 12.7 Å². The number of para-hydroxylation sites is 1. The molecule has 0 aliphatic carbocycles. The third kappa shape index (κ3) is 4.53. The van der Waals surface area contributed by atoms with Crippen molar-refractivity contribution in [3.05, 3.63) is 65.7 Å². The Morgan fingerprint density at radius 3 is 2.37 bits per heavy atom. The van der Waals surface area contributed by atoms with Crippen LogP contribution in [0.1, 0.15) is 17.2 Å². The van der Waals surface area contributed by atoms with Gasteiger partial charge >= 0.3 is 32.7 Å². The van der Waals surface area contributed by atoms with E-state index >= 15 is 0 Å². The molecule has 2 aromatic carbocycles. The number of aliphatic hydroxyl groups is 1. The normalized spacial score (nSPS) is 11.2. The molecule has 3 nitrogen and oxygen atoms in total. The summed E-state index contributed by atoms with van der Waals surface area (Å²) in [5.41, 5.74) is 1.31. The van der Waals surface area contributed by atoms with Crippen LogP contribution in [-0.4, -0.2) is 11.4 Å². The summed E-state index contributed by atoms with van der Waals surface area (Å²) in [7, 11) is 0. The van der Waals surface area contributed by atoms with Crippen molar-refractivity contribution in [2.24, 2.45) is 0 Å². The van der Waals surface area contributed by atoms with Gasteiger partial charge in [-0.05, 0) is 29.4 Å². The van der Waals surface area contributed by atoms with Gasteiger partial charge in [0, 0.05) is 0 Å². The zero-order chi connectivity index (χ0) is 12.8. The zero-order valence-electron chi connectivity index (χ0n) is 10.3. The molecule has 0 aliphatic rings. The largest absolute Gasteiger partial charge is 3.00 e. The van der Waals surface area contributed by atoms with Gasteiger partial charge in [-0.25, -0.2) is 6.29 Å². The Labute approximate surface area is 137 Å². The average molecular weight is 330 g/mol. The van der Waals surface area contributed by atoms with E-state index in [4.69, 9.17) is 4.74 Å². The van der Waals surface area contributed by atoms with Crippen molar-refractivity contribution in [1.29, 1.82) is 0 Å². The minimum Gasteiger partial charge on any atom is -0.539 e. The Morgan fingerprint density at radius 1 is 1.05 bits per heavy atom. The molecule has 0 bridgehead atoms. The molecule has 92 valence electrons. The van der Waals surface area contributed by atoms with Gasteiger partial charge in [-0.2, -0.15) is 0 Å². The number of aliphatic hydroxyl groups excluding tert-OH is 1. The SMILES string of the molecule is O=[C-]C(O)c1ccccc1COc1ccccc1.[Y+3]. The van der Waals surface area contributed by atoms with E-state index in [-0.39, 0.29) is 32.7 Å². The van der Waals surface area contributed by atoms with E-state index in [1.165, 1.54) is 0 Å². The molecule has 0 aromatic heterocycles. The van der Waals surface area contributed by atoms with E-state index in [1.54, 1.807) is 18.4 Å². The summed E-state index contributed by atoms with van der Waals surface area (Å²) in [6.45, 7) is 0.304. The first-order valence-electron chi connectivity index (χ1n) is 5.62. The van der Waals surface area contributed by atoms with Crippen LogP contribution in [0.4, 0.5) is 0 Å². The van der Waals surface area contributed by atoms with Gasteiger partial charge in [-0.15, -0.1) is 0 Å². The molecule has 0 radical (unpaired) electrons. The van der Waals surface area contributed by atoms with E-state index in [0.717, 1.165) is 11.3 Å². The predicted molar refractivity (Wildman–Crippen MR) is 67.9 cm³/mol. The third-order valence-electron chi connectivity index (χ3n) is 2.60. The van der Waals surface area contributed by atoms with Gasteiger partial charge in [0.15, 0.2) is 0 Å². The Balaban J connectivity index is 0.00000180. The number of hydrogen-bond acceptors (Lipinski definition) is 3. The summed E-state index contributed by atoms with van der Waals surface area (Å²) in [6, 6.07) is 16.5. The minimum atomic E-state index is -1.22. The van der Waals surface area contributed by atoms with Crippen LogP contribution in [0.5, 0.6) is 5.75 Å². The van der Waals surface area contributed by atoms with Gasteiger partial charge in [0.1, 0.15) is 12.4 Å². The van der Waals surface area contributed by atoms with E-state index in [2.05, 4.69) is 0 Å². The Hall–Kier alpha value is -1.03. The fraction of sp³-hybridized carbons (Fsp3) is 0.133. The molecule has 2 aromatic rings. The van der Waals surface area contributed by atoms with E-state index in [9.17, 15) is 9.90 Å². The molecule has 0 amide bonds. The van der Waals surface area contributed by atoms with Gasteiger partial charge < -0.3 is 14.6 Å². The number of rotatable bonds is 5. The molecule has 0 spiro atoms. The average Bonchev–Trinajstić information content (AvgIpc) is 2.45. The fourth-order valence-electron chi connectivity index (χ4n) is 1.67. The zero-order valence-corrected chi connectivity index (χ0v) is 13.2. The summed E-state index contributed by atoms with van der Waals surface area (Å²) in [4.78, 5) is 10.5. The summed E-state index contributed by atoms with van der Waals surface area (Å²) >= 11 is 0. The number of ether oxygens (including phenoxy) is 1. The first kappa shape index (κ1) is 16.0. The standard InChI is InChI=1S/C15H13O3.Y/c16-10-15(17)14-9-5-4-6-12(14)11-18-13-7-2-1-3-8-13;/h1-9,15,17H,11H2;/q-1;+3. The maximum Gasteiger partial charge on any atom is 3.00 e. The quantitative estimate of drug-likeness (QED) is 0.857. The molecule has 0 aliphatic heterocycles. The maximum atomic E-state index is 10.5. The monoisotopic (exact) mass is 330 g/mol. The van der Waals surface area contributed by atoms with Gasteiger partial charge in [0.05, 0.1) is 0 Å². The van der Waals surface area contributed by atoms with Gasteiger partial charge in [0.25, 0.3) is 0 Å². The Kier molecular flexibility index (Phi) is 6.92. The van der Waals surface area contributed by atoms with E-state index < -0.39 is 6.10 Å². The summed E-state index contributed by atoms with van der Waals surface area (Å²) < 4.78 is 5.59.